The zero-order chi connectivity index (χ0) is 34.8. The van der Waals surface area contributed by atoms with Crippen LogP contribution in [-0.4, -0.2) is 50.4 Å². The van der Waals surface area contributed by atoms with Crippen molar-refractivity contribution in [1.82, 2.24) is 10.2 Å². The van der Waals surface area contributed by atoms with Crippen LogP contribution in [0.1, 0.15) is 50.2 Å². The van der Waals surface area contributed by atoms with Gasteiger partial charge < -0.3 is 15.0 Å². The molecule has 4 aromatic carbocycles. The second kappa shape index (κ2) is 17.1. The minimum atomic E-state index is -4.27. The molecule has 0 unspecified atom stereocenters. The van der Waals surface area contributed by atoms with Gasteiger partial charge in [0, 0.05) is 29.1 Å². The van der Waals surface area contributed by atoms with Gasteiger partial charge in [-0.3, -0.25) is 13.9 Å². The van der Waals surface area contributed by atoms with Crippen LogP contribution < -0.4 is 14.4 Å². The second-order valence-electron chi connectivity index (χ2n) is 12.1. The van der Waals surface area contributed by atoms with Crippen LogP contribution >= 0.6 is 23.2 Å². The summed E-state index contributed by atoms with van der Waals surface area (Å²) in [6, 6.07) is 28.0. The van der Waals surface area contributed by atoms with Crippen molar-refractivity contribution in [1.29, 1.82) is 0 Å². The topological polar surface area (TPSA) is 96.0 Å². The van der Waals surface area contributed by atoms with Crippen LogP contribution in [0.3, 0.4) is 0 Å². The Kier molecular flexibility index (Phi) is 12.6. The molecule has 0 spiro atoms. The minimum absolute atomic E-state index is 0.00767. The number of nitrogens with zero attached hydrogens (tertiary/aromatic N) is 2. The van der Waals surface area contributed by atoms with E-state index in [4.69, 9.17) is 27.9 Å². The molecule has 0 aromatic heterocycles. The van der Waals surface area contributed by atoms with E-state index in [-0.39, 0.29) is 35.5 Å². The van der Waals surface area contributed by atoms with Crippen molar-refractivity contribution < 1.29 is 22.7 Å². The number of carbonyl (C=O) groups excluding carboxylic acids is 2. The maximum absolute atomic E-state index is 14.7. The molecule has 49 heavy (non-hydrogen) atoms. The SMILES string of the molecule is CCOc1ccc(N(CC(=O)N(Cc2cccc(Cl)c2)[C@@H](Cc2ccccc2)C(=O)NC2CCCCC2)S(=O)(=O)c2ccc(Cl)cc2)cc1. The van der Waals surface area contributed by atoms with Crippen LogP contribution in [0, 0.1) is 0 Å². The third-order valence-corrected chi connectivity index (χ3v) is 10.9. The number of rotatable bonds is 14. The van der Waals surface area contributed by atoms with Gasteiger partial charge in [0.25, 0.3) is 10.0 Å². The standard InChI is InChI=1S/C38H41Cl2N3O5S/c1-2-48-34-20-18-33(19-21-34)43(49(46,47)35-22-16-30(39)17-23-35)27-37(44)42(26-29-12-9-13-31(40)24-29)36(25-28-10-5-3-6-11-28)38(45)41-32-14-7-4-8-15-32/h3,5-6,9-13,16-24,32,36H,2,4,7-8,14-15,25-27H2,1H3,(H,41,45)/t36-/m0/s1. The zero-order valence-electron chi connectivity index (χ0n) is 27.4. The molecule has 11 heteroatoms. The van der Waals surface area contributed by atoms with Gasteiger partial charge in [0.2, 0.25) is 11.8 Å². The number of benzene rings is 4. The Bertz CT molecular complexity index is 1800. The Morgan fingerprint density at radius 3 is 2.16 bits per heavy atom. The van der Waals surface area contributed by atoms with E-state index in [0.29, 0.717) is 28.0 Å². The number of nitrogens with one attached hydrogen (secondary N) is 1. The largest absolute Gasteiger partial charge is 0.494 e. The van der Waals surface area contributed by atoms with E-state index in [9.17, 15) is 18.0 Å². The van der Waals surface area contributed by atoms with E-state index in [1.165, 1.54) is 29.2 Å². The summed E-state index contributed by atoms with van der Waals surface area (Å²) in [4.78, 5) is 30.4. The van der Waals surface area contributed by atoms with Gasteiger partial charge in [0.1, 0.15) is 18.3 Å². The lowest BCUT2D eigenvalue weighted by molar-refractivity contribution is -0.140. The van der Waals surface area contributed by atoms with Gasteiger partial charge in [-0.15, -0.1) is 0 Å². The van der Waals surface area contributed by atoms with Crippen molar-refractivity contribution in [2.24, 2.45) is 0 Å². The first kappa shape index (κ1) is 36.2. The van der Waals surface area contributed by atoms with E-state index in [1.807, 2.05) is 43.3 Å². The van der Waals surface area contributed by atoms with Crippen molar-refractivity contribution in [3.8, 4) is 5.75 Å². The minimum Gasteiger partial charge on any atom is -0.494 e. The molecule has 0 aliphatic heterocycles. The van der Waals surface area contributed by atoms with E-state index in [0.717, 1.165) is 42.0 Å². The number of anilines is 1. The molecule has 5 rings (SSSR count). The van der Waals surface area contributed by atoms with Gasteiger partial charge in [0.15, 0.2) is 0 Å². The molecule has 8 nitrogen and oxygen atoms in total. The van der Waals surface area contributed by atoms with Crippen molar-refractivity contribution in [2.45, 2.75) is 69.0 Å². The second-order valence-corrected chi connectivity index (χ2v) is 14.8. The Labute approximate surface area is 299 Å². The summed E-state index contributed by atoms with van der Waals surface area (Å²) >= 11 is 12.4. The number of sulfonamides is 1. The molecule has 4 aromatic rings. The summed E-state index contributed by atoms with van der Waals surface area (Å²) in [5.41, 5.74) is 1.84. The monoisotopic (exact) mass is 721 g/mol. The van der Waals surface area contributed by atoms with Crippen LogP contribution in [0.2, 0.25) is 10.0 Å². The van der Waals surface area contributed by atoms with E-state index in [2.05, 4.69) is 5.32 Å². The molecular weight excluding hydrogens is 681 g/mol. The Morgan fingerprint density at radius 1 is 0.837 bits per heavy atom. The van der Waals surface area contributed by atoms with Crippen LogP contribution in [0.15, 0.2) is 108 Å². The maximum Gasteiger partial charge on any atom is 0.264 e. The average molecular weight is 723 g/mol. The van der Waals surface area contributed by atoms with E-state index < -0.39 is 28.5 Å². The molecule has 1 fully saturated rings. The lowest BCUT2D eigenvalue weighted by atomic mass is 9.94. The molecule has 1 aliphatic carbocycles. The summed E-state index contributed by atoms with van der Waals surface area (Å²) in [7, 11) is -4.27. The molecule has 1 saturated carbocycles. The van der Waals surface area contributed by atoms with Gasteiger partial charge in [-0.25, -0.2) is 8.42 Å². The first-order valence-electron chi connectivity index (χ1n) is 16.5. The number of hydrogen-bond donors (Lipinski definition) is 1. The highest BCUT2D eigenvalue weighted by atomic mass is 35.5. The average Bonchev–Trinajstić information content (AvgIpc) is 3.10. The lowest BCUT2D eigenvalue weighted by Crippen LogP contribution is -2.55. The number of carbonyl (C=O) groups is 2. The molecule has 0 radical (unpaired) electrons. The van der Waals surface area contributed by atoms with Crippen molar-refractivity contribution in [2.75, 3.05) is 17.5 Å². The van der Waals surface area contributed by atoms with E-state index >= 15 is 0 Å². The summed E-state index contributed by atoms with van der Waals surface area (Å²) in [6.45, 7) is 1.76. The van der Waals surface area contributed by atoms with Crippen molar-refractivity contribution in [3.05, 3.63) is 124 Å². The van der Waals surface area contributed by atoms with Crippen LogP contribution in [-0.2, 0) is 32.6 Å². The summed E-state index contributed by atoms with van der Waals surface area (Å²) < 4.78 is 35.2. The van der Waals surface area contributed by atoms with Gasteiger partial charge in [-0.2, -0.15) is 0 Å². The molecule has 258 valence electrons. The van der Waals surface area contributed by atoms with Crippen LogP contribution in [0.25, 0.3) is 0 Å². The number of amides is 2. The third kappa shape index (κ3) is 9.78. The molecule has 1 atom stereocenters. The van der Waals surface area contributed by atoms with Crippen LogP contribution in [0.5, 0.6) is 5.75 Å². The lowest BCUT2D eigenvalue weighted by Gasteiger charge is -2.35. The predicted molar refractivity (Wildman–Crippen MR) is 195 cm³/mol. The number of hydrogen-bond acceptors (Lipinski definition) is 5. The highest BCUT2D eigenvalue weighted by molar-refractivity contribution is 7.92. The molecule has 1 aliphatic rings. The highest BCUT2D eigenvalue weighted by Crippen LogP contribution is 2.28. The number of halogens is 2. The number of ether oxygens (including phenoxy) is 1. The van der Waals surface area contributed by atoms with Crippen molar-refractivity contribution in [3.63, 3.8) is 0 Å². The summed E-state index contributed by atoms with van der Waals surface area (Å²) in [6.07, 6.45) is 5.16. The third-order valence-electron chi connectivity index (χ3n) is 8.58. The molecular formula is C38H41Cl2N3O5S. The van der Waals surface area contributed by atoms with Gasteiger partial charge in [0.05, 0.1) is 17.2 Å². The Morgan fingerprint density at radius 2 is 1.51 bits per heavy atom. The fourth-order valence-corrected chi connectivity index (χ4v) is 7.82. The fraction of sp³-hybridized carbons (Fsp3) is 0.316. The van der Waals surface area contributed by atoms with Gasteiger partial charge >= 0.3 is 0 Å². The maximum atomic E-state index is 14.7. The normalized spacial score (nSPS) is 14.1. The zero-order valence-corrected chi connectivity index (χ0v) is 29.8. The molecule has 0 saturated heterocycles. The Balaban J connectivity index is 1.56. The fourth-order valence-electron chi connectivity index (χ4n) is 6.07. The first-order valence-corrected chi connectivity index (χ1v) is 18.7. The smallest absolute Gasteiger partial charge is 0.264 e. The van der Waals surface area contributed by atoms with Crippen molar-refractivity contribution >= 4 is 50.7 Å². The molecule has 0 bridgehead atoms. The summed E-state index contributed by atoms with van der Waals surface area (Å²) in [5.74, 6) is -0.267. The van der Waals surface area contributed by atoms with Gasteiger partial charge in [-0.05, 0) is 91.6 Å². The van der Waals surface area contributed by atoms with Gasteiger partial charge in [-0.1, -0.05) is 84.9 Å². The quantitative estimate of drug-likeness (QED) is 0.144. The van der Waals surface area contributed by atoms with Crippen LogP contribution in [0.4, 0.5) is 5.69 Å². The highest BCUT2D eigenvalue weighted by Gasteiger charge is 2.35. The molecule has 1 N–H and O–H groups in total. The first-order chi connectivity index (χ1) is 23.6. The summed E-state index contributed by atoms with van der Waals surface area (Å²) in [5, 5.41) is 4.08. The molecule has 0 heterocycles. The van der Waals surface area contributed by atoms with E-state index in [1.54, 1.807) is 42.5 Å². The predicted octanol–water partition coefficient (Wildman–Crippen LogP) is 7.68. The molecule has 2 amide bonds. The Hall–Kier alpha value is -4.05.